The highest BCUT2D eigenvalue weighted by Crippen LogP contribution is 2.17. The first-order valence-electron chi connectivity index (χ1n) is 8.22. The van der Waals surface area contributed by atoms with E-state index in [1.807, 2.05) is 12.1 Å². The Balaban J connectivity index is 0.00000312. The zero-order valence-electron chi connectivity index (χ0n) is 14.0. The monoisotopic (exact) mass is 433 g/mol. The predicted molar refractivity (Wildman–Crippen MR) is 103 cm³/mol. The van der Waals surface area contributed by atoms with Gasteiger partial charge in [0.15, 0.2) is 0 Å². The molecule has 0 saturated carbocycles. The van der Waals surface area contributed by atoms with Crippen molar-refractivity contribution in [2.45, 2.75) is 25.3 Å². The van der Waals surface area contributed by atoms with Gasteiger partial charge in [-0.1, -0.05) is 22.0 Å². The molecule has 0 radical (unpaired) electrons. The summed E-state index contributed by atoms with van der Waals surface area (Å²) in [5.74, 6) is -0.0586. The van der Waals surface area contributed by atoms with E-state index >= 15 is 0 Å². The molecule has 1 aliphatic rings. The SMILES string of the molecule is Cl.NC(C(=O)NCCCNC(=O)c1cccc(Br)c1)C1CCOCC1. The van der Waals surface area contributed by atoms with Crippen LogP contribution >= 0.6 is 28.3 Å². The fourth-order valence-electron chi connectivity index (χ4n) is 2.64. The minimum Gasteiger partial charge on any atom is -0.381 e. The van der Waals surface area contributed by atoms with Crippen molar-refractivity contribution in [2.24, 2.45) is 11.7 Å². The highest BCUT2D eigenvalue weighted by atomic mass is 79.9. The van der Waals surface area contributed by atoms with Crippen LogP contribution in [0.25, 0.3) is 0 Å². The van der Waals surface area contributed by atoms with Crippen LogP contribution in [0.3, 0.4) is 0 Å². The van der Waals surface area contributed by atoms with Crippen LogP contribution in [0.15, 0.2) is 28.7 Å². The van der Waals surface area contributed by atoms with E-state index < -0.39 is 6.04 Å². The molecule has 0 aromatic heterocycles. The van der Waals surface area contributed by atoms with Gasteiger partial charge in [0.25, 0.3) is 5.91 Å². The maximum absolute atomic E-state index is 12.0. The van der Waals surface area contributed by atoms with Gasteiger partial charge in [-0.3, -0.25) is 9.59 Å². The van der Waals surface area contributed by atoms with Crippen LogP contribution in [-0.4, -0.2) is 44.2 Å². The second-order valence-electron chi connectivity index (χ2n) is 5.89. The average Bonchev–Trinajstić information content (AvgIpc) is 2.61. The van der Waals surface area contributed by atoms with Crippen LogP contribution in [0.2, 0.25) is 0 Å². The number of amides is 2. The number of halogens is 2. The molecule has 6 nitrogen and oxygen atoms in total. The van der Waals surface area contributed by atoms with Gasteiger partial charge in [0.05, 0.1) is 6.04 Å². The van der Waals surface area contributed by atoms with Gasteiger partial charge < -0.3 is 21.1 Å². The van der Waals surface area contributed by atoms with E-state index in [2.05, 4.69) is 26.6 Å². The van der Waals surface area contributed by atoms with E-state index in [1.165, 1.54) is 0 Å². The van der Waals surface area contributed by atoms with Gasteiger partial charge in [-0.15, -0.1) is 12.4 Å². The topological polar surface area (TPSA) is 93.5 Å². The predicted octanol–water partition coefficient (Wildman–Crippen LogP) is 1.86. The Morgan fingerprint density at radius 3 is 2.60 bits per heavy atom. The van der Waals surface area contributed by atoms with Crippen LogP contribution < -0.4 is 16.4 Å². The number of carbonyl (C=O) groups excluding carboxylic acids is 2. The lowest BCUT2D eigenvalue weighted by molar-refractivity contribution is -0.124. The summed E-state index contributed by atoms with van der Waals surface area (Å²) in [6, 6.07) is 6.73. The summed E-state index contributed by atoms with van der Waals surface area (Å²) in [5.41, 5.74) is 6.61. The Morgan fingerprint density at radius 1 is 1.24 bits per heavy atom. The lowest BCUT2D eigenvalue weighted by Crippen LogP contribution is -2.47. The van der Waals surface area contributed by atoms with Gasteiger partial charge >= 0.3 is 0 Å². The molecule has 2 amide bonds. The zero-order chi connectivity index (χ0) is 17.4. The molecule has 140 valence electrons. The second kappa shape index (κ2) is 11.5. The van der Waals surface area contributed by atoms with Crippen LogP contribution in [-0.2, 0) is 9.53 Å². The third kappa shape index (κ3) is 7.32. The molecular weight excluding hydrogens is 410 g/mol. The van der Waals surface area contributed by atoms with Gasteiger partial charge in [0.1, 0.15) is 0 Å². The average molecular weight is 435 g/mol. The summed E-state index contributed by atoms with van der Waals surface area (Å²) in [4.78, 5) is 24.0. The standard InChI is InChI=1S/C17H24BrN3O3.ClH/c18-14-4-1-3-13(11-14)16(22)20-7-2-8-21-17(23)15(19)12-5-9-24-10-6-12;/h1,3-4,11-12,15H,2,5-10,19H2,(H,20,22)(H,21,23);1H. The molecule has 1 heterocycles. The molecular formula is C17H25BrClN3O3. The molecule has 2 rings (SSSR count). The Morgan fingerprint density at radius 2 is 1.92 bits per heavy atom. The minimum atomic E-state index is -0.481. The van der Waals surface area contributed by atoms with E-state index in [0.717, 1.165) is 17.3 Å². The Kier molecular flexibility index (Phi) is 10.0. The molecule has 0 bridgehead atoms. The minimum absolute atomic E-state index is 0. The molecule has 1 fully saturated rings. The van der Waals surface area contributed by atoms with E-state index in [4.69, 9.17) is 10.5 Å². The molecule has 1 atom stereocenters. The van der Waals surface area contributed by atoms with Crippen LogP contribution in [0, 0.1) is 5.92 Å². The fraction of sp³-hybridized carbons (Fsp3) is 0.529. The normalized spacial score (nSPS) is 15.8. The van der Waals surface area contributed by atoms with Crippen molar-refractivity contribution < 1.29 is 14.3 Å². The van der Waals surface area contributed by atoms with Gasteiger partial charge in [0, 0.05) is 36.3 Å². The number of benzene rings is 1. The summed E-state index contributed by atoms with van der Waals surface area (Å²) >= 11 is 3.34. The lowest BCUT2D eigenvalue weighted by Gasteiger charge is -2.26. The number of nitrogens with two attached hydrogens (primary N) is 1. The summed E-state index contributed by atoms with van der Waals surface area (Å²) in [5, 5.41) is 5.67. The molecule has 1 aromatic rings. The third-order valence-corrected chi connectivity index (χ3v) is 4.59. The Bertz CT molecular complexity index is 568. The Labute approximate surface area is 162 Å². The molecule has 4 N–H and O–H groups in total. The third-order valence-electron chi connectivity index (χ3n) is 4.10. The summed E-state index contributed by atoms with van der Waals surface area (Å²) < 4.78 is 6.14. The quantitative estimate of drug-likeness (QED) is 0.571. The fourth-order valence-corrected chi connectivity index (χ4v) is 3.04. The van der Waals surface area contributed by atoms with Gasteiger partial charge in [-0.25, -0.2) is 0 Å². The first-order valence-corrected chi connectivity index (χ1v) is 9.02. The van der Waals surface area contributed by atoms with E-state index in [1.54, 1.807) is 12.1 Å². The molecule has 8 heteroatoms. The van der Waals surface area contributed by atoms with Crippen molar-refractivity contribution in [2.75, 3.05) is 26.3 Å². The number of hydrogen-bond donors (Lipinski definition) is 3. The number of carbonyl (C=O) groups is 2. The number of nitrogens with one attached hydrogen (secondary N) is 2. The number of hydrogen-bond acceptors (Lipinski definition) is 4. The van der Waals surface area contributed by atoms with E-state index in [0.29, 0.717) is 38.3 Å². The van der Waals surface area contributed by atoms with E-state index in [-0.39, 0.29) is 30.1 Å². The summed E-state index contributed by atoms with van der Waals surface area (Å²) in [6.07, 6.45) is 2.32. The molecule has 0 spiro atoms. The zero-order valence-corrected chi connectivity index (χ0v) is 16.4. The molecule has 1 saturated heterocycles. The summed E-state index contributed by atoms with van der Waals surface area (Å²) in [6.45, 7) is 2.34. The van der Waals surface area contributed by atoms with Crippen molar-refractivity contribution in [3.8, 4) is 0 Å². The van der Waals surface area contributed by atoms with Crippen molar-refractivity contribution in [3.63, 3.8) is 0 Å². The van der Waals surface area contributed by atoms with Gasteiger partial charge in [0.2, 0.25) is 5.91 Å². The van der Waals surface area contributed by atoms with Gasteiger partial charge in [-0.05, 0) is 43.4 Å². The molecule has 0 aliphatic carbocycles. The van der Waals surface area contributed by atoms with Crippen molar-refractivity contribution in [3.05, 3.63) is 34.3 Å². The molecule has 1 aliphatic heterocycles. The van der Waals surface area contributed by atoms with Crippen molar-refractivity contribution in [1.82, 2.24) is 10.6 Å². The van der Waals surface area contributed by atoms with Crippen LogP contribution in [0.5, 0.6) is 0 Å². The van der Waals surface area contributed by atoms with E-state index in [9.17, 15) is 9.59 Å². The van der Waals surface area contributed by atoms with Crippen molar-refractivity contribution >= 4 is 40.2 Å². The highest BCUT2D eigenvalue weighted by molar-refractivity contribution is 9.10. The largest absolute Gasteiger partial charge is 0.381 e. The van der Waals surface area contributed by atoms with Gasteiger partial charge in [-0.2, -0.15) is 0 Å². The van der Waals surface area contributed by atoms with Crippen LogP contribution in [0.1, 0.15) is 29.6 Å². The first kappa shape index (κ1) is 21.9. The Hall–Kier alpha value is -1.15. The lowest BCUT2D eigenvalue weighted by atomic mass is 9.92. The molecule has 25 heavy (non-hydrogen) atoms. The maximum atomic E-state index is 12.0. The van der Waals surface area contributed by atoms with Crippen molar-refractivity contribution in [1.29, 1.82) is 0 Å². The summed E-state index contributed by atoms with van der Waals surface area (Å²) in [7, 11) is 0. The smallest absolute Gasteiger partial charge is 0.251 e. The second-order valence-corrected chi connectivity index (χ2v) is 6.80. The molecule has 1 aromatic carbocycles. The highest BCUT2D eigenvalue weighted by Gasteiger charge is 2.26. The molecule has 1 unspecified atom stereocenters. The maximum Gasteiger partial charge on any atom is 0.251 e. The van der Waals surface area contributed by atoms with Crippen LogP contribution in [0.4, 0.5) is 0 Å². The number of rotatable bonds is 7. The number of ether oxygens (including phenoxy) is 1. The first-order chi connectivity index (χ1) is 11.6.